The fraction of sp³-hybridized carbons (Fsp3) is 0.684. The monoisotopic (exact) mass is 271 g/mol. The lowest BCUT2D eigenvalue weighted by Gasteiger charge is -2.26. The Hall–Kier alpha value is -0.820. The van der Waals surface area contributed by atoms with Crippen LogP contribution >= 0.6 is 0 Å². The third-order valence-corrected chi connectivity index (χ3v) is 5.55. The molecule has 1 aromatic rings. The quantitative estimate of drug-likeness (QED) is 0.821. The zero-order valence-electron chi connectivity index (χ0n) is 13.4. The van der Waals surface area contributed by atoms with E-state index >= 15 is 0 Å². The highest BCUT2D eigenvalue weighted by Gasteiger charge is 2.47. The SMILES string of the molecule is CC(C)c1ccc(C(N)C2CC3CC3C2)c(C(C)C)c1. The van der Waals surface area contributed by atoms with Gasteiger partial charge in [-0.2, -0.15) is 0 Å². The molecule has 0 saturated heterocycles. The normalized spacial score (nSPS) is 29.9. The second-order valence-electron chi connectivity index (χ2n) is 7.71. The van der Waals surface area contributed by atoms with Crippen molar-refractivity contribution < 1.29 is 0 Å². The van der Waals surface area contributed by atoms with E-state index in [9.17, 15) is 0 Å². The highest BCUT2D eigenvalue weighted by molar-refractivity contribution is 5.38. The Morgan fingerprint density at radius 1 is 0.900 bits per heavy atom. The number of benzene rings is 1. The van der Waals surface area contributed by atoms with Gasteiger partial charge in [0.05, 0.1) is 0 Å². The summed E-state index contributed by atoms with van der Waals surface area (Å²) in [5.74, 6) is 3.91. The predicted molar refractivity (Wildman–Crippen MR) is 85.9 cm³/mol. The van der Waals surface area contributed by atoms with E-state index in [0.717, 1.165) is 17.8 Å². The molecule has 110 valence electrons. The molecule has 0 aliphatic heterocycles. The second-order valence-corrected chi connectivity index (χ2v) is 7.71. The molecular weight excluding hydrogens is 242 g/mol. The van der Waals surface area contributed by atoms with E-state index in [4.69, 9.17) is 5.73 Å². The van der Waals surface area contributed by atoms with Crippen LogP contribution in [0.1, 0.15) is 81.5 Å². The minimum Gasteiger partial charge on any atom is -0.324 e. The van der Waals surface area contributed by atoms with Crippen LogP contribution in [0.2, 0.25) is 0 Å². The Morgan fingerprint density at radius 2 is 1.55 bits per heavy atom. The smallest absolute Gasteiger partial charge is 0.0326 e. The molecule has 2 N–H and O–H groups in total. The molecule has 1 heteroatoms. The van der Waals surface area contributed by atoms with Gasteiger partial charge < -0.3 is 5.73 Å². The first-order chi connectivity index (χ1) is 9.47. The van der Waals surface area contributed by atoms with Crippen LogP contribution in [0.25, 0.3) is 0 Å². The highest BCUT2D eigenvalue weighted by Crippen LogP contribution is 2.57. The molecule has 3 unspecified atom stereocenters. The molecule has 1 aromatic carbocycles. The van der Waals surface area contributed by atoms with Crippen LogP contribution < -0.4 is 5.73 Å². The van der Waals surface area contributed by atoms with Gasteiger partial charge in [0, 0.05) is 6.04 Å². The van der Waals surface area contributed by atoms with Crippen LogP contribution in [0.5, 0.6) is 0 Å². The summed E-state index contributed by atoms with van der Waals surface area (Å²) in [6.07, 6.45) is 4.22. The molecule has 0 amide bonds. The molecule has 2 aliphatic carbocycles. The lowest BCUT2D eigenvalue weighted by atomic mass is 9.83. The van der Waals surface area contributed by atoms with Gasteiger partial charge >= 0.3 is 0 Å². The zero-order valence-corrected chi connectivity index (χ0v) is 13.4. The molecule has 0 bridgehead atoms. The van der Waals surface area contributed by atoms with Gasteiger partial charge in [-0.15, -0.1) is 0 Å². The van der Waals surface area contributed by atoms with E-state index in [2.05, 4.69) is 45.9 Å². The number of hydrogen-bond donors (Lipinski definition) is 1. The summed E-state index contributed by atoms with van der Waals surface area (Å²) in [4.78, 5) is 0. The molecule has 0 spiro atoms. The van der Waals surface area contributed by atoms with Gasteiger partial charge in [-0.05, 0) is 65.5 Å². The Balaban J connectivity index is 1.87. The van der Waals surface area contributed by atoms with Crippen LogP contribution in [0.3, 0.4) is 0 Å². The number of fused-ring (bicyclic) bond motifs is 1. The first-order valence-corrected chi connectivity index (χ1v) is 8.36. The van der Waals surface area contributed by atoms with Crippen molar-refractivity contribution in [2.24, 2.45) is 23.5 Å². The van der Waals surface area contributed by atoms with E-state index in [1.807, 2.05) is 0 Å². The maximum absolute atomic E-state index is 6.65. The standard InChI is InChI=1S/C19H29N/c1-11(2)13-5-6-17(18(10-13)12(3)4)19(20)16-8-14-7-15(14)9-16/h5-6,10-12,14-16,19H,7-9,20H2,1-4H3. The Kier molecular flexibility index (Phi) is 3.66. The van der Waals surface area contributed by atoms with Gasteiger partial charge in [0.1, 0.15) is 0 Å². The van der Waals surface area contributed by atoms with Gasteiger partial charge in [-0.3, -0.25) is 0 Å². The van der Waals surface area contributed by atoms with Crippen molar-refractivity contribution in [3.63, 3.8) is 0 Å². The van der Waals surface area contributed by atoms with Crippen LogP contribution in [-0.4, -0.2) is 0 Å². The summed E-state index contributed by atoms with van der Waals surface area (Å²) in [6.45, 7) is 9.12. The van der Waals surface area contributed by atoms with Gasteiger partial charge in [-0.1, -0.05) is 45.9 Å². The zero-order chi connectivity index (χ0) is 14.4. The Morgan fingerprint density at radius 3 is 2.10 bits per heavy atom. The van der Waals surface area contributed by atoms with Crippen molar-refractivity contribution in [1.82, 2.24) is 0 Å². The predicted octanol–water partition coefficient (Wildman–Crippen LogP) is 4.98. The summed E-state index contributed by atoms with van der Waals surface area (Å²) < 4.78 is 0. The van der Waals surface area contributed by atoms with Gasteiger partial charge in [0.2, 0.25) is 0 Å². The molecule has 1 nitrogen and oxygen atoms in total. The van der Waals surface area contributed by atoms with Crippen LogP contribution in [0.4, 0.5) is 0 Å². The van der Waals surface area contributed by atoms with Crippen LogP contribution in [-0.2, 0) is 0 Å². The molecule has 2 saturated carbocycles. The summed E-state index contributed by atoms with van der Waals surface area (Å²) in [5.41, 5.74) is 11.0. The highest BCUT2D eigenvalue weighted by atomic mass is 14.7. The maximum atomic E-state index is 6.65. The molecule has 2 aliphatic rings. The third kappa shape index (κ3) is 2.53. The fourth-order valence-corrected chi connectivity index (χ4v) is 4.06. The van der Waals surface area contributed by atoms with Crippen molar-refractivity contribution in [3.8, 4) is 0 Å². The van der Waals surface area contributed by atoms with E-state index in [1.54, 1.807) is 0 Å². The Labute approximate surface area is 124 Å². The van der Waals surface area contributed by atoms with E-state index < -0.39 is 0 Å². The third-order valence-electron chi connectivity index (χ3n) is 5.55. The second kappa shape index (κ2) is 5.18. The number of nitrogens with two attached hydrogens (primary N) is 1. The summed E-state index contributed by atoms with van der Waals surface area (Å²) in [6, 6.07) is 7.27. The minimum absolute atomic E-state index is 0.251. The summed E-state index contributed by atoms with van der Waals surface area (Å²) in [5, 5.41) is 0. The average molecular weight is 271 g/mol. The van der Waals surface area contributed by atoms with E-state index in [0.29, 0.717) is 11.8 Å². The van der Waals surface area contributed by atoms with Gasteiger partial charge in [-0.25, -0.2) is 0 Å². The van der Waals surface area contributed by atoms with Crippen LogP contribution in [0.15, 0.2) is 18.2 Å². The molecular formula is C19H29N. The lowest BCUT2D eigenvalue weighted by molar-refractivity contribution is 0.401. The fourth-order valence-electron chi connectivity index (χ4n) is 4.06. The molecule has 3 atom stereocenters. The van der Waals surface area contributed by atoms with E-state index in [1.165, 1.54) is 36.0 Å². The topological polar surface area (TPSA) is 26.0 Å². The van der Waals surface area contributed by atoms with Crippen molar-refractivity contribution in [2.45, 2.75) is 64.8 Å². The Bertz CT molecular complexity index is 479. The average Bonchev–Trinajstić information content (AvgIpc) is 3.03. The molecule has 0 aromatic heterocycles. The summed E-state index contributed by atoms with van der Waals surface area (Å²) >= 11 is 0. The van der Waals surface area contributed by atoms with Gasteiger partial charge in [0.25, 0.3) is 0 Å². The lowest BCUT2D eigenvalue weighted by Crippen LogP contribution is -2.22. The first-order valence-electron chi connectivity index (χ1n) is 8.36. The van der Waals surface area contributed by atoms with E-state index in [-0.39, 0.29) is 6.04 Å². The molecule has 2 fully saturated rings. The molecule has 0 radical (unpaired) electrons. The van der Waals surface area contributed by atoms with Crippen molar-refractivity contribution in [1.29, 1.82) is 0 Å². The molecule has 0 heterocycles. The van der Waals surface area contributed by atoms with Crippen molar-refractivity contribution in [2.75, 3.05) is 0 Å². The number of rotatable bonds is 4. The van der Waals surface area contributed by atoms with Crippen LogP contribution in [0, 0.1) is 17.8 Å². The summed E-state index contributed by atoms with van der Waals surface area (Å²) in [7, 11) is 0. The van der Waals surface area contributed by atoms with Gasteiger partial charge in [0.15, 0.2) is 0 Å². The maximum Gasteiger partial charge on any atom is 0.0326 e. The molecule has 20 heavy (non-hydrogen) atoms. The van der Waals surface area contributed by atoms with Crippen molar-refractivity contribution >= 4 is 0 Å². The molecule has 3 rings (SSSR count). The number of hydrogen-bond acceptors (Lipinski definition) is 1. The minimum atomic E-state index is 0.251. The largest absolute Gasteiger partial charge is 0.324 e. The van der Waals surface area contributed by atoms with Crippen molar-refractivity contribution in [3.05, 3.63) is 34.9 Å². The first kappa shape index (κ1) is 14.1.